The first-order chi connectivity index (χ1) is 4.85. The van der Waals surface area contributed by atoms with Crippen molar-refractivity contribution in [2.24, 2.45) is 0 Å². The van der Waals surface area contributed by atoms with Crippen molar-refractivity contribution in [1.29, 1.82) is 0 Å². The predicted molar refractivity (Wildman–Crippen MR) is 52.3 cm³/mol. The summed E-state index contributed by atoms with van der Waals surface area (Å²) in [7, 11) is 0. The summed E-state index contributed by atoms with van der Waals surface area (Å²) < 4.78 is 2.98. The second kappa shape index (κ2) is 11.9. The van der Waals surface area contributed by atoms with Gasteiger partial charge in [0.05, 0.1) is 0 Å². The van der Waals surface area contributed by atoms with Gasteiger partial charge in [-0.05, 0) is 13.3 Å². The van der Waals surface area contributed by atoms with Crippen molar-refractivity contribution >= 4 is 16.1 Å². The predicted octanol–water partition coefficient (Wildman–Crippen LogP) is 3.27. The highest BCUT2D eigenvalue weighted by Crippen LogP contribution is 1.93. The van der Waals surface area contributed by atoms with Gasteiger partial charge in [-0.1, -0.05) is 32.9 Å². The van der Waals surface area contributed by atoms with E-state index in [4.69, 9.17) is 0 Å². The zero-order valence-corrected chi connectivity index (χ0v) is 8.90. The number of rotatable bonds is 3. The van der Waals surface area contributed by atoms with E-state index in [1.165, 1.54) is 0 Å². The van der Waals surface area contributed by atoms with Gasteiger partial charge >= 0.3 is 0 Å². The average Bonchev–Trinajstić information content (AvgIpc) is 2.04. The normalized spacial score (nSPS) is 12.5. The Balaban J connectivity index is 0. The van der Waals surface area contributed by atoms with Crippen LogP contribution in [0.4, 0.5) is 0 Å². The number of hydrogen-bond donors (Lipinski definition) is 1. The van der Waals surface area contributed by atoms with Crippen molar-refractivity contribution in [3.8, 4) is 0 Å². The van der Waals surface area contributed by atoms with Gasteiger partial charge in [0, 0.05) is 22.2 Å². The summed E-state index contributed by atoms with van der Waals surface area (Å²) in [6, 6.07) is 0.486. The van der Waals surface area contributed by atoms with Crippen molar-refractivity contribution < 1.29 is 0 Å². The number of nitrogens with one attached hydrogen (secondary N) is 1. The molecule has 0 aromatic carbocycles. The molecule has 10 heavy (non-hydrogen) atoms. The molecule has 0 rings (SSSR count). The Morgan fingerprint density at radius 1 is 1.50 bits per heavy atom. The van der Waals surface area contributed by atoms with Crippen molar-refractivity contribution in [1.82, 2.24) is 4.34 Å². The molecule has 0 radical (unpaired) electrons. The summed E-state index contributed by atoms with van der Waals surface area (Å²) in [6.45, 7) is 8.16. The minimum Gasteiger partial charge on any atom is -0.249 e. The minimum atomic E-state index is 0.486. The van der Waals surface area contributed by atoms with Crippen LogP contribution in [0.3, 0.4) is 0 Å². The maximum absolute atomic E-state index is 3.18. The molecule has 62 valence electrons. The maximum Gasteiger partial charge on any atom is 0.0352 e. The van der Waals surface area contributed by atoms with Crippen molar-refractivity contribution in [2.75, 3.05) is 0 Å². The van der Waals surface area contributed by atoms with Crippen molar-refractivity contribution in [3.63, 3.8) is 0 Å². The molecule has 0 aliphatic carbocycles. The summed E-state index contributed by atoms with van der Waals surface area (Å²) in [5.41, 5.74) is 0. The Kier molecular flexibility index (Phi) is 15.3. The highest BCUT2D eigenvalue weighted by Gasteiger charge is 1.93. The summed E-state index contributed by atoms with van der Waals surface area (Å²) in [5, 5.41) is 0. The molecule has 0 aliphatic heterocycles. The SMILES string of the molecule is C/C=C\C(CC)NBr.CC. The van der Waals surface area contributed by atoms with E-state index >= 15 is 0 Å². The number of hydrogen-bond acceptors (Lipinski definition) is 1. The zero-order valence-electron chi connectivity index (χ0n) is 7.32. The van der Waals surface area contributed by atoms with Crippen LogP contribution in [0.15, 0.2) is 12.2 Å². The Morgan fingerprint density at radius 2 is 2.00 bits per heavy atom. The van der Waals surface area contributed by atoms with E-state index in [0.29, 0.717) is 6.04 Å². The third kappa shape index (κ3) is 8.18. The lowest BCUT2D eigenvalue weighted by molar-refractivity contribution is 0.741. The molecule has 0 saturated heterocycles. The van der Waals surface area contributed by atoms with Gasteiger partial charge in [-0.2, -0.15) is 0 Å². The van der Waals surface area contributed by atoms with Crippen LogP contribution in [-0.2, 0) is 0 Å². The van der Waals surface area contributed by atoms with Crippen LogP contribution >= 0.6 is 16.1 Å². The fourth-order valence-electron chi connectivity index (χ4n) is 0.482. The van der Waals surface area contributed by atoms with E-state index in [9.17, 15) is 0 Å². The van der Waals surface area contributed by atoms with Crippen LogP contribution in [0.25, 0.3) is 0 Å². The molecule has 1 unspecified atom stereocenters. The standard InChI is InChI=1S/C6H12BrN.C2H6/c1-3-5-6(4-2)8-7;1-2/h3,5-6,8H,4H2,1-2H3;1-2H3/b5-3-;. The van der Waals surface area contributed by atoms with Gasteiger partial charge in [0.25, 0.3) is 0 Å². The van der Waals surface area contributed by atoms with Crippen LogP contribution in [0.5, 0.6) is 0 Å². The molecule has 0 spiro atoms. The molecule has 0 fully saturated rings. The van der Waals surface area contributed by atoms with Gasteiger partial charge in [0.2, 0.25) is 0 Å². The fraction of sp³-hybridized carbons (Fsp3) is 0.750. The van der Waals surface area contributed by atoms with Gasteiger partial charge in [-0.3, -0.25) is 0 Å². The number of allylic oxidation sites excluding steroid dienone is 1. The maximum atomic E-state index is 3.18. The Bertz CT molecular complexity index is 67.7. The smallest absolute Gasteiger partial charge is 0.0352 e. The summed E-state index contributed by atoms with van der Waals surface area (Å²) in [4.78, 5) is 0. The van der Waals surface area contributed by atoms with Crippen LogP contribution < -0.4 is 4.34 Å². The molecule has 1 nitrogen and oxygen atoms in total. The first-order valence-electron chi connectivity index (χ1n) is 3.84. The van der Waals surface area contributed by atoms with Gasteiger partial charge in [-0.25, -0.2) is 4.34 Å². The molecule has 1 atom stereocenters. The van der Waals surface area contributed by atoms with Gasteiger partial charge in [0.15, 0.2) is 0 Å². The van der Waals surface area contributed by atoms with E-state index in [0.717, 1.165) is 6.42 Å². The molecule has 0 aromatic rings. The quantitative estimate of drug-likeness (QED) is 0.554. The first-order valence-corrected chi connectivity index (χ1v) is 4.63. The first kappa shape index (κ1) is 12.8. The highest BCUT2D eigenvalue weighted by molar-refractivity contribution is 9.08. The number of halogens is 1. The van der Waals surface area contributed by atoms with Crippen molar-refractivity contribution in [2.45, 2.75) is 40.2 Å². The molecular weight excluding hydrogens is 190 g/mol. The second-order valence-corrected chi connectivity index (χ2v) is 2.11. The molecule has 0 amide bonds. The van der Waals surface area contributed by atoms with Gasteiger partial charge in [0.1, 0.15) is 0 Å². The van der Waals surface area contributed by atoms with E-state index in [2.05, 4.69) is 33.5 Å². The third-order valence-corrected chi connectivity index (χ3v) is 1.59. The Hall–Kier alpha value is 0.180. The minimum absolute atomic E-state index is 0.486. The van der Waals surface area contributed by atoms with Crippen LogP contribution in [0, 0.1) is 0 Å². The van der Waals surface area contributed by atoms with E-state index in [1.54, 1.807) is 0 Å². The van der Waals surface area contributed by atoms with Crippen LogP contribution in [0.2, 0.25) is 0 Å². The molecule has 0 bridgehead atoms. The van der Waals surface area contributed by atoms with Crippen molar-refractivity contribution in [3.05, 3.63) is 12.2 Å². The molecule has 0 aromatic heterocycles. The Labute approximate surface area is 73.2 Å². The van der Waals surface area contributed by atoms with E-state index < -0.39 is 0 Å². The second-order valence-electron chi connectivity index (χ2n) is 1.65. The lowest BCUT2D eigenvalue weighted by atomic mass is 10.2. The molecule has 0 aliphatic rings. The zero-order chi connectivity index (χ0) is 8.41. The third-order valence-electron chi connectivity index (χ3n) is 1.00. The average molecular weight is 208 g/mol. The highest BCUT2D eigenvalue weighted by atomic mass is 79.9. The largest absolute Gasteiger partial charge is 0.249 e. The molecule has 1 N–H and O–H groups in total. The summed E-state index contributed by atoms with van der Waals surface area (Å²) in [6.07, 6.45) is 5.28. The topological polar surface area (TPSA) is 12.0 Å². The molecule has 2 heteroatoms. The molecule has 0 saturated carbocycles. The summed E-state index contributed by atoms with van der Waals surface area (Å²) in [5.74, 6) is 0. The lowest BCUT2D eigenvalue weighted by Gasteiger charge is -2.03. The van der Waals surface area contributed by atoms with E-state index in [-0.39, 0.29) is 0 Å². The molecule has 0 heterocycles. The fourth-order valence-corrected chi connectivity index (χ4v) is 0.958. The monoisotopic (exact) mass is 207 g/mol. The summed E-state index contributed by atoms with van der Waals surface area (Å²) >= 11 is 3.18. The lowest BCUT2D eigenvalue weighted by Crippen LogP contribution is -2.14. The van der Waals surface area contributed by atoms with E-state index in [1.807, 2.05) is 26.8 Å². The van der Waals surface area contributed by atoms with Crippen LogP contribution in [0.1, 0.15) is 34.1 Å². The van der Waals surface area contributed by atoms with Gasteiger partial charge in [-0.15, -0.1) is 0 Å². The Morgan fingerprint density at radius 3 is 2.10 bits per heavy atom. The van der Waals surface area contributed by atoms with Gasteiger partial charge < -0.3 is 0 Å². The molecular formula is C8H18BrN. The van der Waals surface area contributed by atoms with Crippen LogP contribution in [-0.4, -0.2) is 6.04 Å².